The van der Waals surface area contributed by atoms with Gasteiger partial charge in [-0.05, 0) is 48.9 Å². The van der Waals surface area contributed by atoms with Crippen LogP contribution in [0.5, 0.6) is 0 Å². The molecule has 0 saturated heterocycles. The Morgan fingerprint density at radius 3 is 2.62 bits per heavy atom. The summed E-state index contributed by atoms with van der Waals surface area (Å²) in [6, 6.07) is 5.41. The number of rotatable bonds is 8. The number of hydrogen-bond donors (Lipinski definition) is 2. The van der Waals surface area contributed by atoms with E-state index >= 15 is 0 Å². The van der Waals surface area contributed by atoms with Crippen molar-refractivity contribution in [3.63, 3.8) is 0 Å². The summed E-state index contributed by atoms with van der Waals surface area (Å²) in [5, 5.41) is 4.18. The van der Waals surface area contributed by atoms with Gasteiger partial charge in [-0.3, -0.25) is 4.79 Å². The van der Waals surface area contributed by atoms with E-state index in [9.17, 15) is 4.79 Å². The van der Waals surface area contributed by atoms with E-state index in [1.54, 1.807) is 12.1 Å². The molecule has 3 nitrogen and oxygen atoms in total. The Morgan fingerprint density at radius 1 is 1.33 bits per heavy atom. The van der Waals surface area contributed by atoms with Crippen molar-refractivity contribution in [3.8, 4) is 0 Å². The molecule has 0 aliphatic carbocycles. The van der Waals surface area contributed by atoms with Crippen LogP contribution in [0.1, 0.15) is 32.3 Å². The van der Waals surface area contributed by atoms with E-state index < -0.39 is 0 Å². The topological polar surface area (TPSA) is 55.1 Å². The molecule has 0 aliphatic rings. The summed E-state index contributed by atoms with van der Waals surface area (Å²) in [5.41, 5.74) is 6.70. The van der Waals surface area contributed by atoms with Crippen LogP contribution in [0.2, 0.25) is 10.0 Å². The van der Waals surface area contributed by atoms with E-state index in [1.807, 2.05) is 6.07 Å². The van der Waals surface area contributed by atoms with Crippen LogP contribution in [0, 0.1) is 11.8 Å². The zero-order valence-corrected chi connectivity index (χ0v) is 14.2. The molecule has 3 N–H and O–H groups in total. The molecule has 0 radical (unpaired) electrons. The van der Waals surface area contributed by atoms with Crippen LogP contribution in [-0.4, -0.2) is 19.0 Å². The molecule has 0 heterocycles. The van der Waals surface area contributed by atoms with Gasteiger partial charge >= 0.3 is 0 Å². The van der Waals surface area contributed by atoms with Crippen molar-refractivity contribution in [1.82, 2.24) is 5.32 Å². The van der Waals surface area contributed by atoms with E-state index in [2.05, 4.69) is 19.2 Å². The molecule has 0 fully saturated rings. The molecule has 1 aromatic rings. The van der Waals surface area contributed by atoms with Gasteiger partial charge in [0.25, 0.3) is 0 Å². The second-order valence-electron chi connectivity index (χ2n) is 5.77. The maximum absolute atomic E-state index is 11.9. The molecule has 0 spiro atoms. The molecule has 1 rings (SSSR count). The molecule has 5 heteroatoms. The fourth-order valence-corrected chi connectivity index (χ4v) is 2.83. The first-order valence-electron chi connectivity index (χ1n) is 7.33. The second kappa shape index (κ2) is 9.29. The number of hydrogen-bond acceptors (Lipinski definition) is 2. The molecule has 1 atom stereocenters. The first-order valence-corrected chi connectivity index (χ1v) is 8.08. The minimum atomic E-state index is 0.0520. The molecule has 1 unspecified atom stereocenters. The van der Waals surface area contributed by atoms with Crippen LogP contribution >= 0.6 is 23.2 Å². The molecular formula is C16H24Cl2N2O. The number of nitrogens with one attached hydrogen (secondary N) is 1. The zero-order valence-electron chi connectivity index (χ0n) is 12.7. The lowest BCUT2D eigenvalue weighted by Crippen LogP contribution is -2.30. The fourth-order valence-electron chi connectivity index (χ4n) is 2.32. The van der Waals surface area contributed by atoms with Crippen LogP contribution < -0.4 is 11.1 Å². The van der Waals surface area contributed by atoms with E-state index in [0.717, 1.165) is 12.0 Å². The fraction of sp³-hybridized carbons (Fsp3) is 0.562. The van der Waals surface area contributed by atoms with Crippen molar-refractivity contribution in [1.29, 1.82) is 0 Å². The zero-order chi connectivity index (χ0) is 15.8. The van der Waals surface area contributed by atoms with Crippen LogP contribution in [0.25, 0.3) is 0 Å². The number of halogens is 2. The Labute approximate surface area is 137 Å². The van der Waals surface area contributed by atoms with Crippen LogP contribution in [0.15, 0.2) is 18.2 Å². The summed E-state index contributed by atoms with van der Waals surface area (Å²) in [6.07, 6.45) is 2.16. The largest absolute Gasteiger partial charge is 0.356 e. The number of benzene rings is 1. The summed E-state index contributed by atoms with van der Waals surface area (Å²) < 4.78 is 0. The Kier molecular flexibility index (Phi) is 8.09. The monoisotopic (exact) mass is 330 g/mol. The lowest BCUT2D eigenvalue weighted by atomic mass is 9.94. The van der Waals surface area contributed by atoms with Gasteiger partial charge in [0.2, 0.25) is 5.91 Å². The summed E-state index contributed by atoms with van der Waals surface area (Å²) in [5.74, 6) is 0.861. The van der Waals surface area contributed by atoms with Crippen LogP contribution in [-0.2, 0) is 11.2 Å². The molecule has 0 bridgehead atoms. The van der Waals surface area contributed by atoms with E-state index in [0.29, 0.717) is 41.9 Å². The van der Waals surface area contributed by atoms with Crippen molar-refractivity contribution in [2.75, 3.05) is 13.1 Å². The third-order valence-corrected chi connectivity index (χ3v) is 3.93. The van der Waals surface area contributed by atoms with Gasteiger partial charge < -0.3 is 11.1 Å². The third-order valence-electron chi connectivity index (χ3n) is 3.34. The SMILES string of the molecule is CC(C)CC(CN)CC(=O)NCCc1ccc(Cl)cc1Cl. The molecular weight excluding hydrogens is 307 g/mol. The van der Waals surface area contributed by atoms with Gasteiger partial charge in [0, 0.05) is 23.0 Å². The summed E-state index contributed by atoms with van der Waals surface area (Å²) in [4.78, 5) is 11.9. The van der Waals surface area contributed by atoms with Gasteiger partial charge in [-0.2, -0.15) is 0 Å². The predicted molar refractivity (Wildman–Crippen MR) is 89.8 cm³/mol. The molecule has 118 valence electrons. The molecule has 1 aromatic carbocycles. The van der Waals surface area contributed by atoms with Gasteiger partial charge in [-0.1, -0.05) is 43.1 Å². The Balaban J connectivity index is 2.36. The van der Waals surface area contributed by atoms with Gasteiger partial charge in [0.05, 0.1) is 0 Å². The van der Waals surface area contributed by atoms with E-state index in [-0.39, 0.29) is 11.8 Å². The van der Waals surface area contributed by atoms with Crippen LogP contribution in [0.3, 0.4) is 0 Å². The quantitative estimate of drug-likeness (QED) is 0.764. The molecule has 0 saturated carbocycles. The maximum atomic E-state index is 11.9. The molecule has 1 amide bonds. The lowest BCUT2D eigenvalue weighted by molar-refractivity contribution is -0.122. The molecule has 21 heavy (non-hydrogen) atoms. The Bertz CT molecular complexity index is 464. The lowest BCUT2D eigenvalue weighted by Gasteiger charge is -2.16. The number of carbonyl (C=O) groups is 1. The van der Waals surface area contributed by atoms with Gasteiger partial charge in [0.1, 0.15) is 0 Å². The standard InChI is InChI=1S/C16H24Cl2N2O/c1-11(2)7-12(10-19)8-16(21)20-6-5-13-3-4-14(17)9-15(13)18/h3-4,9,11-12H,5-8,10,19H2,1-2H3,(H,20,21). The van der Waals surface area contributed by atoms with Crippen molar-refractivity contribution in [2.24, 2.45) is 17.6 Å². The Hall–Kier alpha value is -0.770. The predicted octanol–water partition coefficient (Wildman–Crippen LogP) is 3.66. The summed E-state index contributed by atoms with van der Waals surface area (Å²) >= 11 is 11.9. The average molecular weight is 331 g/mol. The second-order valence-corrected chi connectivity index (χ2v) is 6.61. The highest BCUT2D eigenvalue weighted by Gasteiger charge is 2.13. The van der Waals surface area contributed by atoms with Crippen molar-refractivity contribution in [3.05, 3.63) is 33.8 Å². The number of nitrogens with two attached hydrogens (primary N) is 1. The Morgan fingerprint density at radius 2 is 2.05 bits per heavy atom. The molecule has 0 aromatic heterocycles. The first-order chi connectivity index (χ1) is 9.92. The van der Waals surface area contributed by atoms with Gasteiger partial charge in [0.15, 0.2) is 0 Å². The maximum Gasteiger partial charge on any atom is 0.220 e. The highest BCUT2D eigenvalue weighted by Crippen LogP contribution is 2.21. The smallest absolute Gasteiger partial charge is 0.220 e. The van der Waals surface area contributed by atoms with Gasteiger partial charge in [-0.25, -0.2) is 0 Å². The third kappa shape index (κ3) is 7.16. The average Bonchev–Trinajstić information content (AvgIpc) is 2.40. The number of carbonyl (C=O) groups excluding carboxylic acids is 1. The normalized spacial score (nSPS) is 12.5. The van der Waals surface area contributed by atoms with Gasteiger partial charge in [-0.15, -0.1) is 0 Å². The number of amides is 1. The van der Waals surface area contributed by atoms with Crippen LogP contribution in [0.4, 0.5) is 0 Å². The molecule has 0 aliphatic heterocycles. The van der Waals surface area contributed by atoms with Crippen molar-refractivity contribution >= 4 is 29.1 Å². The van der Waals surface area contributed by atoms with Crippen molar-refractivity contribution < 1.29 is 4.79 Å². The highest BCUT2D eigenvalue weighted by atomic mass is 35.5. The van der Waals surface area contributed by atoms with Crippen molar-refractivity contribution in [2.45, 2.75) is 33.1 Å². The summed E-state index contributed by atoms with van der Waals surface area (Å²) in [6.45, 7) is 5.40. The minimum absolute atomic E-state index is 0.0520. The highest BCUT2D eigenvalue weighted by molar-refractivity contribution is 6.35. The first kappa shape index (κ1) is 18.3. The van der Waals surface area contributed by atoms with E-state index in [4.69, 9.17) is 28.9 Å². The minimum Gasteiger partial charge on any atom is -0.356 e. The van der Waals surface area contributed by atoms with E-state index in [1.165, 1.54) is 0 Å². The summed E-state index contributed by atoms with van der Waals surface area (Å²) in [7, 11) is 0.